The molecule has 5 nitrogen and oxygen atoms in total. The minimum atomic E-state index is 0.107. The second-order valence-electron chi connectivity index (χ2n) is 4.25. The summed E-state index contributed by atoms with van der Waals surface area (Å²) in [5.74, 6) is 0.894. The lowest BCUT2D eigenvalue weighted by Gasteiger charge is -2.08. The van der Waals surface area contributed by atoms with Crippen LogP contribution in [-0.2, 0) is 19.6 Å². The van der Waals surface area contributed by atoms with E-state index < -0.39 is 0 Å². The molecule has 2 aromatic rings. The fraction of sp³-hybridized carbons (Fsp3) is 0.357. The summed E-state index contributed by atoms with van der Waals surface area (Å²) in [6.07, 6.45) is 3.75. The molecule has 0 aliphatic rings. The van der Waals surface area contributed by atoms with Gasteiger partial charge in [0.2, 0.25) is 0 Å². The van der Waals surface area contributed by atoms with E-state index in [0.29, 0.717) is 6.54 Å². The summed E-state index contributed by atoms with van der Waals surface area (Å²) in [6.45, 7) is 2.13. The third-order valence-corrected chi connectivity index (χ3v) is 2.85. The SMILES string of the molecule is COc1ccccc1CNCc1cnn(CCO)c1. The van der Waals surface area contributed by atoms with Gasteiger partial charge in [-0.3, -0.25) is 4.68 Å². The van der Waals surface area contributed by atoms with Gasteiger partial charge in [0.1, 0.15) is 5.75 Å². The fourth-order valence-electron chi connectivity index (χ4n) is 1.91. The standard InChI is InChI=1S/C14H19N3O2/c1-19-14-5-3-2-4-13(14)10-15-8-12-9-16-17(11-12)6-7-18/h2-5,9,11,15,18H,6-8,10H2,1H3. The Balaban J connectivity index is 1.85. The van der Waals surface area contributed by atoms with E-state index in [1.807, 2.05) is 36.7 Å². The van der Waals surface area contributed by atoms with Crippen LogP contribution in [0.5, 0.6) is 5.75 Å². The highest BCUT2D eigenvalue weighted by Crippen LogP contribution is 2.16. The average Bonchev–Trinajstić information content (AvgIpc) is 2.87. The molecule has 0 aliphatic carbocycles. The van der Waals surface area contributed by atoms with E-state index in [0.717, 1.165) is 30.0 Å². The van der Waals surface area contributed by atoms with E-state index in [1.54, 1.807) is 11.8 Å². The third-order valence-electron chi connectivity index (χ3n) is 2.85. The zero-order valence-electron chi connectivity index (χ0n) is 11.0. The molecule has 0 fully saturated rings. The van der Waals surface area contributed by atoms with E-state index >= 15 is 0 Å². The van der Waals surface area contributed by atoms with Crippen molar-refractivity contribution in [2.24, 2.45) is 0 Å². The first-order valence-electron chi connectivity index (χ1n) is 6.28. The van der Waals surface area contributed by atoms with Crippen molar-refractivity contribution < 1.29 is 9.84 Å². The van der Waals surface area contributed by atoms with Gasteiger partial charge in [0.05, 0.1) is 26.5 Å². The molecule has 1 aromatic carbocycles. The van der Waals surface area contributed by atoms with Crippen molar-refractivity contribution in [3.63, 3.8) is 0 Å². The Morgan fingerprint density at radius 2 is 2.16 bits per heavy atom. The molecule has 102 valence electrons. The molecule has 0 saturated heterocycles. The van der Waals surface area contributed by atoms with E-state index in [2.05, 4.69) is 10.4 Å². The Bertz CT molecular complexity index is 511. The first-order chi connectivity index (χ1) is 9.33. The normalized spacial score (nSPS) is 10.6. The van der Waals surface area contributed by atoms with Crippen LogP contribution >= 0.6 is 0 Å². The number of nitrogens with zero attached hydrogens (tertiary/aromatic N) is 2. The van der Waals surface area contributed by atoms with Crippen molar-refractivity contribution in [3.8, 4) is 5.75 Å². The van der Waals surface area contributed by atoms with Crippen molar-refractivity contribution in [2.45, 2.75) is 19.6 Å². The number of aliphatic hydroxyl groups is 1. The lowest BCUT2D eigenvalue weighted by Crippen LogP contribution is -2.13. The number of hydrogen-bond donors (Lipinski definition) is 2. The number of aliphatic hydroxyl groups excluding tert-OH is 1. The predicted molar refractivity (Wildman–Crippen MR) is 72.9 cm³/mol. The molecule has 0 radical (unpaired) electrons. The summed E-state index contributed by atoms with van der Waals surface area (Å²) in [4.78, 5) is 0. The minimum Gasteiger partial charge on any atom is -0.496 e. The Hall–Kier alpha value is -1.85. The van der Waals surface area contributed by atoms with Crippen LogP contribution < -0.4 is 10.1 Å². The molecule has 2 rings (SSSR count). The van der Waals surface area contributed by atoms with Crippen LogP contribution in [0.15, 0.2) is 36.7 Å². The van der Waals surface area contributed by atoms with E-state index in [1.165, 1.54) is 0 Å². The quantitative estimate of drug-likeness (QED) is 0.785. The number of benzene rings is 1. The summed E-state index contributed by atoms with van der Waals surface area (Å²) in [6, 6.07) is 7.96. The van der Waals surface area contributed by atoms with Gasteiger partial charge in [-0.1, -0.05) is 18.2 Å². The van der Waals surface area contributed by atoms with Crippen LogP contribution in [0.4, 0.5) is 0 Å². The number of rotatable bonds is 7. The molecular formula is C14H19N3O2. The maximum atomic E-state index is 8.82. The molecule has 2 N–H and O–H groups in total. The molecule has 1 heterocycles. The van der Waals surface area contributed by atoms with Gasteiger partial charge in [-0.2, -0.15) is 5.10 Å². The molecule has 0 amide bonds. The molecule has 0 unspecified atom stereocenters. The maximum absolute atomic E-state index is 8.82. The summed E-state index contributed by atoms with van der Waals surface area (Å²) in [5.41, 5.74) is 2.23. The van der Waals surface area contributed by atoms with E-state index in [9.17, 15) is 0 Å². The van der Waals surface area contributed by atoms with Crippen molar-refractivity contribution in [1.82, 2.24) is 15.1 Å². The lowest BCUT2D eigenvalue weighted by atomic mass is 10.2. The van der Waals surface area contributed by atoms with Crippen LogP contribution in [0.2, 0.25) is 0 Å². The molecule has 1 aromatic heterocycles. The van der Waals surface area contributed by atoms with Crippen molar-refractivity contribution in [3.05, 3.63) is 47.8 Å². The zero-order valence-corrected chi connectivity index (χ0v) is 11.0. The highest BCUT2D eigenvalue weighted by molar-refractivity contribution is 5.33. The van der Waals surface area contributed by atoms with Crippen LogP contribution in [-0.4, -0.2) is 28.6 Å². The second kappa shape index (κ2) is 6.92. The Morgan fingerprint density at radius 1 is 1.32 bits per heavy atom. The number of ether oxygens (including phenoxy) is 1. The highest BCUT2D eigenvalue weighted by atomic mass is 16.5. The van der Waals surface area contributed by atoms with Gasteiger partial charge < -0.3 is 15.2 Å². The van der Waals surface area contributed by atoms with Crippen LogP contribution in [0.3, 0.4) is 0 Å². The number of hydrogen-bond acceptors (Lipinski definition) is 4. The van der Waals surface area contributed by atoms with Crippen LogP contribution in [0.1, 0.15) is 11.1 Å². The summed E-state index contributed by atoms with van der Waals surface area (Å²) >= 11 is 0. The van der Waals surface area contributed by atoms with Crippen molar-refractivity contribution in [2.75, 3.05) is 13.7 Å². The molecule has 5 heteroatoms. The molecular weight excluding hydrogens is 242 g/mol. The summed E-state index contributed by atoms with van der Waals surface area (Å²) in [5, 5.41) is 16.3. The van der Waals surface area contributed by atoms with Gasteiger partial charge in [0.25, 0.3) is 0 Å². The maximum Gasteiger partial charge on any atom is 0.123 e. The van der Waals surface area contributed by atoms with Gasteiger partial charge >= 0.3 is 0 Å². The number of methoxy groups -OCH3 is 1. The number of nitrogens with one attached hydrogen (secondary N) is 1. The van der Waals surface area contributed by atoms with Gasteiger partial charge in [-0.15, -0.1) is 0 Å². The van der Waals surface area contributed by atoms with Crippen molar-refractivity contribution in [1.29, 1.82) is 0 Å². The molecule has 0 aliphatic heterocycles. The molecule has 0 atom stereocenters. The summed E-state index contributed by atoms with van der Waals surface area (Å²) in [7, 11) is 1.68. The molecule has 0 bridgehead atoms. The highest BCUT2D eigenvalue weighted by Gasteiger charge is 2.02. The number of aromatic nitrogens is 2. The van der Waals surface area contributed by atoms with Gasteiger partial charge in [0, 0.05) is 30.4 Å². The first-order valence-corrected chi connectivity index (χ1v) is 6.28. The molecule has 19 heavy (non-hydrogen) atoms. The van der Waals surface area contributed by atoms with Gasteiger partial charge in [-0.05, 0) is 6.07 Å². The Labute approximate surface area is 112 Å². The van der Waals surface area contributed by atoms with E-state index in [4.69, 9.17) is 9.84 Å². The van der Waals surface area contributed by atoms with Crippen molar-refractivity contribution >= 4 is 0 Å². The predicted octanol–water partition coefficient (Wildman–Crippen LogP) is 1.17. The van der Waals surface area contributed by atoms with Crippen LogP contribution in [0.25, 0.3) is 0 Å². The Kier molecular flexibility index (Phi) is 4.94. The monoisotopic (exact) mass is 261 g/mol. The topological polar surface area (TPSA) is 59.3 Å². The van der Waals surface area contributed by atoms with Gasteiger partial charge in [-0.25, -0.2) is 0 Å². The molecule has 0 saturated carbocycles. The number of para-hydroxylation sites is 1. The average molecular weight is 261 g/mol. The molecule has 0 spiro atoms. The smallest absolute Gasteiger partial charge is 0.123 e. The third kappa shape index (κ3) is 3.81. The zero-order chi connectivity index (χ0) is 13.5. The van der Waals surface area contributed by atoms with Crippen LogP contribution in [0, 0.1) is 0 Å². The largest absolute Gasteiger partial charge is 0.496 e. The second-order valence-corrected chi connectivity index (χ2v) is 4.25. The van der Waals surface area contributed by atoms with E-state index in [-0.39, 0.29) is 6.61 Å². The summed E-state index contributed by atoms with van der Waals surface area (Å²) < 4.78 is 7.04. The lowest BCUT2D eigenvalue weighted by molar-refractivity contribution is 0.269. The van der Waals surface area contributed by atoms with Gasteiger partial charge in [0.15, 0.2) is 0 Å². The first kappa shape index (κ1) is 13.6. The Morgan fingerprint density at radius 3 is 2.95 bits per heavy atom. The minimum absolute atomic E-state index is 0.107. The fourth-order valence-corrected chi connectivity index (χ4v) is 1.91.